The second-order valence-electron chi connectivity index (χ2n) is 5.84. The summed E-state index contributed by atoms with van der Waals surface area (Å²) < 4.78 is 0. The number of rotatable bonds is 0. The largest absolute Gasteiger partial charge is 0.0761 e. The molecule has 2 aliphatic carbocycles. The summed E-state index contributed by atoms with van der Waals surface area (Å²) in [5.74, 6) is 1.70. The normalized spacial score (nSPS) is 35.7. The van der Waals surface area contributed by atoms with Gasteiger partial charge in [0.25, 0.3) is 0 Å². The molecule has 0 radical (unpaired) electrons. The molecule has 0 heteroatoms. The second kappa shape index (κ2) is 3.25. The summed E-state index contributed by atoms with van der Waals surface area (Å²) in [5, 5.41) is 0. The van der Waals surface area contributed by atoms with Crippen LogP contribution in [0.3, 0.4) is 0 Å². The molecule has 0 aromatic carbocycles. The van der Waals surface area contributed by atoms with Crippen LogP contribution in [0.4, 0.5) is 0 Å². The van der Waals surface area contributed by atoms with Crippen molar-refractivity contribution in [3.63, 3.8) is 0 Å². The Morgan fingerprint density at radius 2 is 1.93 bits per heavy atom. The number of allylic oxidation sites excluding steroid dienone is 4. The predicted molar refractivity (Wildman–Crippen MR) is 62.1 cm³/mol. The summed E-state index contributed by atoms with van der Waals surface area (Å²) in [4.78, 5) is 0. The molecule has 14 heavy (non-hydrogen) atoms. The Bertz CT molecular complexity index is 291. The molecule has 2 aliphatic rings. The van der Waals surface area contributed by atoms with E-state index in [1.165, 1.54) is 19.3 Å². The molecule has 2 rings (SSSR count). The maximum absolute atomic E-state index is 2.53. The van der Waals surface area contributed by atoms with Crippen molar-refractivity contribution in [2.45, 2.75) is 47.0 Å². The highest BCUT2D eigenvalue weighted by Gasteiger charge is 2.31. The van der Waals surface area contributed by atoms with E-state index in [-0.39, 0.29) is 5.41 Å². The van der Waals surface area contributed by atoms with Crippen molar-refractivity contribution in [2.75, 3.05) is 0 Å². The zero-order valence-electron chi connectivity index (χ0n) is 9.93. The molecule has 0 unspecified atom stereocenters. The smallest absolute Gasteiger partial charge is 0.000986 e. The number of hydrogen-bond donors (Lipinski definition) is 0. The van der Waals surface area contributed by atoms with E-state index in [0.29, 0.717) is 0 Å². The highest BCUT2D eigenvalue weighted by atomic mass is 14.4. The van der Waals surface area contributed by atoms with Gasteiger partial charge in [0.05, 0.1) is 0 Å². The Hall–Kier alpha value is -0.520. The van der Waals surface area contributed by atoms with Crippen molar-refractivity contribution in [1.82, 2.24) is 0 Å². The predicted octanol–water partition coefficient (Wildman–Crippen LogP) is 4.34. The third-order valence-electron chi connectivity index (χ3n) is 3.71. The van der Waals surface area contributed by atoms with Gasteiger partial charge < -0.3 is 0 Å². The van der Waals surface area contributed by atoms with Gasteiger partial charge in [0.1, 0.15) is 0 Å². The molecule has 0 amide bonds. The molecule has 1 fully saturated rings. The van der Waals surface area contributed by atoms with Crippen LogP contribution in [0.15, 0.2) is 23.3 Å². The number of hydrogen-bond acceptors (Lipinski definition) is 0. The molecule has 0 heterocycles. The van der Waals surface area contributed by atoms with Crippen LogP contribution in [0.5, 0.6) is 0 Å². The van der Waals surface area contributed by atoms with E-state index in [4.69, 9.17) is 0 Å². The fraction of sp³-hybridized carbons (Fsp3) is 0.714. The third-order valence-corrected chi connectivity index (χ3v) is 3.71. The van der Waals surface area contributed by atoms with Crippen LogP contribution in [-0.4, -0.2) is 0 Å². The summed E-state index contributed by atoms with van der Waals surface area (Å²) in [6, 6.07) is 0. The first kappa shape index (κ1) is 10.0. The van der Waals surface area contributed by atoms with Crippen molar-refractivity contribution in [2.24, 2.45) is 17.3 Å². The highest BCUT2D eigenvalue weighted by Crippen LogP contribution is 2.44. The molecule has 0 spiro atoms. The highest BCUT2D eigenvalue weighted by molar-refractivity contribution is 5.27. The lowest BCUT2D eigenvalue weighted by atomic mass is 9.87. The van der Waals surface area contributed by atoms with Crippen LogP contribution in [0.2, 0.25) is 0 Å². The van der Waals surface area contributed by atoms with Crippen LogP contribution >= 0.6 is 0 Å². The van der Waals surface area contributed by atoms with Crippen LogP contribution in [-0.2, 0) is 0 Å². The topological polar surface area (TPSA) is 0 Å². The van der Waals surface area contributed by atoms with Crippen molar-refractivity contribution < 1.29 is 0 Å². The summed E-state index contributed by atoms with van der Waals surface area (Å²) in [5.41, 5.74) is 3.61. The molecule has 1 saturated carbocycles. The van der Waals surface area contributed by atoms with E-state index in [2.05, 4.69) is 39.8 Å². The van der Waals surface area contributed by atoms with E-state index in [1.807, 2.05) is 0 Å². The van der Waals surface area contributed by atoms with Gasteiger partial charge in [0.15, 0.2) is 0 Å². The molecule has 0 N–H and O–H groups in total. The fourth-order valence-electron chi connectivity index (χ4n) is 3.22. The van der Waals surface area contributed by atoms with E-state index in [0.717, 1.165) is 11.8 Å². The minimum atomic E-state index is 0.284. The number of fused-ring (bicyclic) bond motifs is 1. The lowest BCUT2D eigenvalue weighted by molar-refractivity contribution is 0.602. The average molecular weight is 190 g/mol. The lowest BCUT2D eigenvalue weighted by Crippen LogP contribution is -2.05. The Labute approximate surface area is 88.1 Å². The second-order valence-corrected chi connectivity index (χ2v) is 5.84. The van der Waals surface area contributed by atoms with Crippen molar-refractivity contribution in [3.8, 4) is 0 Å². The van der Waals surface area contributed by atoms with Gasteiger partial charge in [-0.05, 0) is 38.0 Å². The van der Waals surface area contributed by atoms with Crippen molar-refractivity contribution in [1.29, 1.82) is 0 Å². The first-order valence-corrected chi connectivity index (χ1v) is 5.89. The maximum atomic E-state index is 2.53. The van der Waals surface area contributed by atoms with E-state index in [1.54, 1.807) is 11.1 Å². The average Bonchev–Trinajstić information content (AvgIpc) is 2.31. The third kappa shape index (κ3) is 1.80. The van der Waals surface area contributed by atoms with Crippen LogP contribution in [0.1, 0.15) is 47.0 Å². The van der Waals surface area contributed by atoms with Gasteiger partial charge >= 0.3 is 0 Å². The lowest BCUT2D eigenvalue weighted by Gasteiger charge is -2.18. The fourth-order valence-corrected chi connectivity index (χ4v) is 3.22. The van der Waals surface area contributed by atoms with Gasteiger partial charge in [0, 0.05) is 5.41 Å². The SMILES string of the molecule is CC1=CC(C)(C)C=C2[C@H](CC[C@H]2C)C1. The van der Waals surface area contributed by atoms with Crippen LogP contribution in [0.25, 0.3) is 0 Å². The molecule has 0 aromatic rings. The Morgan fingerprint density at radius 1 is 1.21 bits per heavy atom. The first-order valence-electron chi connectivity index (χ1n) is 5.89. The monoisotopic (exact) mass is 190 g/mol. The molecule has 2 atom stereocenters. The first-order chi connectivity index (χ1) is 6.48. The summed E-state index contributed by atoms with van der Waals surface area (Å²) >= 11 is 0. The molecule has 0 bridgehead atoms. The van der Waals surface area contributed by atoms with Gasteiger partial charge in [-0.2, -0.15) is 0 Å². The molecular formula is C14H22. The quantitative estimate of drug-likeness (QED) is 0.499. The zero-order chi connectivity index (χ0) is 10.3. The summed E-state index contributed by atoms with van der Waals surface area (Å²) in [6.07, 6.45) is 9.10. The van der Waals surface area contributed by atoms with Crippen LogP contribution < -0.4 is 0 Å². The summed E-state index contributed by atoms with van der Waals surface area (Å²) in [7, 11) is 0. The Kier molecular flexibility index (Phi) is 2.33. The summed E-state index contributed by atoms with van der Waals surface area (Å²) in [6.45, 7) is 9.35. The molecular weight excluding hydrogens is 168 g/mol. The van der Waals surface area contributed by atoms with Crippen molar-refractivity contribution >= 4 is 0 Å². The van der Waals surface area contributed by atoms with Gasteiger partial charge in [-0.1, -0.05) is 44.1 Å². The molecule has 0 aliphatic heterocycles. The Balaban J connectivity index is 2.36. The molecule has 0 nitrogen and oxygen atoms in total. The van der Waals surface area contributed by atoms with Crippen molar-refractivity contribution in [3.05, 3.63) is 23.3 Å². The van der Waals surface area contributed by atoms with Gasteiger partial charge in [-0.15, -0.1) is 0 Å². The minimum absolute atomic E-state index is 0.284. The zero-order valence-corrected chi connectivity index (χ0v) is 9.93. The van der Waals surface area contributed by atoms with Gasteiger partial charge in [0.2, 0.25) is 0 Å². The molecule has 0 saturated heterocycles. The van der Waals surface area contributed by atoms with Gasteiger partial charge in [-0.25, -0.2) is 0 Å². The van der Waals surface area contributed by atoms with E-state index >= 15 is 0 Å². The molecule has 78 valence electrons. The Morgan fingerprint density at radius 3 is 2.64 bits per heavy atom. The van der Waals surface area contributed by atoms with E-state index < -0.39 is 0 Å². The standard InChI is InChI=1S/C14H22/c1-10-7-12-6-5-11(2)13(12)9-14(3,4)8-10/h8-9,11-12H,5-7H2,1-4H3/t11-,12-/m1/s1. The minimum Gasteiger partial charge on any atom is -0.0761 e. The molecule has 0 aromatic heterocycles. The van der Waals surface area contributed by atoms with Crippen LogP contribution in [0, 0.1) is 17.3 Å². The van der Waals surface area contributed by atoms with E-state index in [9.17, 15) is 0 Å². The van der Waals surface area contributed by atoms with Gasteiger partial charge in [-0.3, -0.25) is 0 Å². The maximum Gasteiger partial charge on any atom is 0.000986 e.